The van der Waals surface area contributed by atoms with Gasteiger partial charge in [-0.1, -0.05) is 40.3 Å². The Labute approximate surface area is 208 Å². The van der Waals surface area contributed by atoms with E-state index in [0.29, 0.717) is 16.9 Å². The van der Waals surface area contributed by atoms with Crippen molar-refractivity contribution < 1.29 is 0 Å². The third kappa shape index (κ3) is 5.40. The molecule has 0 amide bonds. The first kappa shape index (κ1) is 26.0. The minimum Gasteiger partial charge on any atom is -0.372 e. The van der Waals surface area contributed by atoms with Gasteiger partial charge in [0.2, 0.25) is 0 Å². The van der Waals surface area contributed by atoms with Crippen LogP contribution in [0.1, 0.15) is 40.5 Å². The maximum absolute atomic E-state index is 13.2. The molecule has 0 aliphatic carbocycles. The van der Waals surface area contributed by atoms with Crippen molar-refractivity contribution in [1.82, 2.24) is 19.3 Å². The highest BCUT2D eigenvalue weighted by Gasteiger charge is 2.27. The molecule has 0 radical (unpaired) electrons. The van der Waals surface area contributed by atoms with Gasteiger partial charge in [-0.25, -0.2) is 10.2 Å². The Balaban J connectivity index is 0.000000815. The number of rotatable bonds is 3. The summed E-state index contributed by atoms with van der Waals surface area (Å²) in [5.74, 6) is 2.39. The Hall–Kier alpha value is -3.60. The van der Waals surface area contributed by atoms with Gasteiger partial charge in [0.05, 0.1) is 22.1 Å². The van der Waals surface area contributed by atoms with Gasteiger partial charge < -0.3 is 4.90 Å². The zero-order valence-electron chi connectivity index (χ0n) is 21.7. The van der Waals surface area contributed by atoms with Gasteiger partial charge in [-0.3, -0.25) is 14.0 Å². The van der Waals surface area contributed by atoms with Crippen LogP contribution >= 0.6 is 0 Å². The molecule has 0 N–H and O–H groups in total. The van der Waals surface area contributed by atoms with E-state index in [2.05, 4.69) is 28.0 Å². The van der Waals surface area contributed by atoms with Gasteiger partial charge in [-0.05, 0) is 49.2 Å². The number of hydrogen-bond acceptors (Lipinski definition) is 5. The van der Waals surface area contributed by atoms with Crippen LogP contribution in [0.4, 0.5) is 5.69 Å². The molecule has 182 valence electrons. The van der Waals surface area contributed by atoms with Crippen molar-refractivity contribution in [2.24, 2.45) is 7.05 Å². The second-order valence-electron chi connectivity index (χ2n) is 8.41. The van der Waals surface area contributed by atoms with E-state index in [1.165, 1.54) is 0 Å². The van der Waals surface area contributed by atoms with Crippen LogP contribution < -0.4 is 10.5 Å². The number of anilines is 1. The average molecular weight is 470 g/mol. The van der Waals surface area contributed by atoms with E-state index in [0.717, 1.165) is 47.8 Å². The van der Waals surface area contributed by atoms with E-state index in [1.807, 2.05) is 77.3 Å². The third-order valence-corrected chi connectivity index (χ3v) is 6.46. The molecule has 0 bridgehead atoms. The van der Waals surface area contributed by atoms with Crippen LogP contribution in [-0.2, 0) is 7.05 Å². The molecule has 0 atom stereocenters. The molecule has 35 heavy (non-hydrogen) atoms. The van der Waals surface area contributed by atoms with Gasteiger partial charge in [0.25, 0.3) is 12.3 Å². The monoisotopic (exact) mass is 470 g/mol. The SMILES string of the molecule is CC.CC.CN(c1ccc2c(=O)n(-c3ccc4nn(C)cc4c3)cnc2c1)C1CCB(C#N)CC1. The maximum Gasteiger partial charge on any atom is 0.268 e. The summed E-state index contributed by atoms with van der Waals surface area (Å²) < 4.78 is 3.35. The van der Waals surface area contributed by atoms with E-state index < -0.39 is 0 Å². The average Bonchev–Trinajstić information content (AvgIpc) is 3.30. The van der Waals surface area contributed by atoms with Crippen LogP contribution in [0.5, 0.6) is 0 Å². The second kappa shape index (κ2) is 11.7. The van der Waals surface area contributed by atoms with Gasteiger partial charge in [-0.15, -0.1) is 0 Å². The van der Waals surface area contributed by atoms with E-state index in [9.17, 15) is 4.79 Å². The summed E-state index contributed by atoms with van der Waals surface area (Å²) in [6.45, 7) is 8.19. The lowest BCUT2D eigenvalue weighted by atomic mass is 9.42. The summed E-state index contributed by atoms with van der Waals surface area (Å²) in [6.07, 6.45) is 7.46. The first-order valence-corrected chi connectivity index (χ1v) is 12.6. The molecule has 7 nitrogen and oxygen atoms in total. The molecule has 1 fully saturated rings. The Bertz CT molecular complexity index is 1380. The van der Waals surface area contributed by atoms with Crippen LogP contribution in [0.2, 0.25) is 12.6 Å². The molecule has 0 saturated carbocycles. The van der Waals surface area contributed by atoms with Crippen molar-refractivity contribution in [2.45, 2.75) is 59.2 Å². The summed E-state index contributed by atoms with van der Waals surface area (Å²) in [5.41, 5.74) is 3.32. The molecule has 2 aromatic carbocycles. The van der Waals surface area contributed by atoms with Crippen molar-refractivity contribution >= 4 is 34.2 Å². The van der Waals surface area contributed by atoms with E-state index >= 15 is 0 Å². The van der Waals surface area contributed by atoms with E-state index in [-0.39, 0.29) is 12.3 Å². The molecule has 1 saturated heterocycles. The smallest absolute Gasteiger partial charge is 0.268 e. The number of fused-ring (bicyclic) bond motifs is 2. The van der Waals surface area contributed by atoms with Crippen LogP contribution in [-0.4, -0.2) is 39.1 Å². The molecule has 0 unspecified atom stereocenters. The highest BCUT2D eigenvalue weighted by Crippen LogP contribution is 2.28. The number of aryl methyl sites for hydroxylation is 1. The van der Waals surface area contributed by atoms with Gasteiger partial charge in [0.15, 0.2) is 0 Å². The molecule has 2 aromatic heterocycles. The first-order valence-electron chi connectivity index (χ1n) is 12.6. The lowest BCUT2D eigenvalue weighted by Crippen LogP contribution is -2.36. The zero-order valence-corrected chi connectivity index (χ0v) is 21.7. The van der Waals surface area contributed by atoms with Gasteiger partial charge in [-0.2, -0.15) is 5.10 Å². The summed E-state index contributed by atoms with van der Waals surface area (Å²) in [6, 6.07) is 12.0. The summed E-state index contributed by atoms with van der Waals surface area (Å²) >= 11 is 0. The number of aromatic nitrogens is 4. The molecular formula is C27H35BN6O. The minimum atomic E-state index is -0.0861. The quantitative estimate of drug-likeness (QED) is 0.371. The fourth-order valence-corrected chi connectivity index (χ4v) is 4.60. The van der Waals surface area contributed by atoms with Crippen LogP contribution in [0.15, 0.2) is 53.7 Å². The Morgan fingerprint density at radius 1 is 1.06 bits per heavy atom. The Morgan fingerprint density at radius 2 is 1.77 bits per heavy atom. The summed E-state index contributed by atoms with van der Waals surface area (Å²) in [4.78, 5) is 20.0. The Morgan fingerprint density at radius 3 is 2.46 bits per heavy atom. The van der Waals surface area contributed by atoms with Crippen molar-refractivity contribution in [3.63, 3.8) is 0 Å². The molecule has 5 rings (SSSR count). The predicted octanol–water partition coefficient (Wildman–Crippen LogP) is 5.48. The van der Waals surface area contributed by atoms with Crippen LogP contribution in [0.25, 0.3) is 27.5 Å². The topological polar surface area (TPSA) is 79.7 Å². The number of benzene rings is 2. The summed E-state index contributed by atoms with van der Waals surface area (Å²) in [7, 11) is 3.97. The molecular weight excluding hydrogens is 435 g/mol. The van der Waals surface area contributed by atoms with Crippen molar-refractivity contribution in [1.29, 1.82) is 5.26 Å². The summed E-state index contributed by atoms with van der Waals surface area (Å²) in [5, 5.41) is 15.1. The predicted molar refractivity (Wildman–Crippen MR) is 147 cm³/mol. The molecule has 1 aliphatic heterocycles. The fraction of sp³-hybridized carbons (Fsp3) is 0.407. The highest BCUT2D eigenvalue weighted by atomic mass is 16.1. The molecule has 1 aliphatic rings. The molecule has 8 heteroatoms. The zero-order chi connectivity index (χ0) is 25.5. The molecule has 0 spiro atoms. The number of nitriles is 1. The lowest BCUT2D eigenvalue weighted by Gasteiger charge is -2.33. The molecule has 4 aromatic rings. The fourth-order valence-electron chi connectivity index (χ4n) is 4.60. The maximum atomic E-state index is 13.2. The van der Waals surface area contributed by atoms with E-state index in [4.69, 9.17) is 5.26 Å². The highest BCUT2D eigenvalue weighted by molar-refractivity contribution is 6.67. The number of hydrogen-bond donors (Lipinski definition) is 0. The largest absolute Gasteiger partial charge is 0.372 e. The third-order valence-electron chi connectivity index (χ3n) is 6.46. The minimum absolute atomic E-state index is 0.0861. The Kier molecular flexibility index (Phi) is 8.70. The second-order valence-corrected chi connectivity index (χ2v) is 8.41. The number of nitrogens with zero attached hydrogens (tertiary/aromatic N) is 6. The van der Waals surface area contributed by atoms with Crippen LogP contribution in [0.3, 0.4) is 0 Å². The van der Waals surface area contributed by atoms with Crippen molar-refractivity contribution in [2.75, 3.05) is 11.9 Å². The van der Waals surface area contributed by atoms with Gasteiger partial charge in [0, 0.05) is 43.4 Å². The standard InChI is InChI=1S/C23H23BN6O.2C2H6/c1-28-13-16-11-19(4-6-21(16)27-28)30-15-26-22-12-18(3-5-20(22)23(30)31)29(2)17-7-9-24(14-25)10-8-17;2*1-2/h3-6,11-13,15,17H,7-10H2,1-2H3;2*1-2H3. The van der Waals surface area contributed by atoms with Crippen LogP contribution in [0, 0.1) is 11.2 Å². The van der Waals surface area contributed by atoms with Gasteiger partial charge >= 0.3 is 0 Å². The van der Waals surface area contributed by atoms with E-state index in [1.54, 1.807) is 15.6 Å². The normalized spacial score (nSPS) is 13.5. The van der Waals surface area contributed by atoms with Crippen molar-refractivity contribution in [3.8, 4) is 11.7 Å². The first-order chi connectivity index (χ1) is 17.0. The van der Waals surface area contributed by atoms with Gasteiger partial charge in [0.1, 0.15) is 6.33 Å². The lowest BCUT2D eigenvalue weighted by molar-refractivity contribution is 0.568. The van der Waals surface area contributed by atoms with Crippen molar-refractivity contribution in [3.05, 3.63) is 59.3 Å². The molecule has 3 heterocycles.